The molecule has 0 bridgehead atoms. The van der Waals surface area contributed by atoms with Crippen LogP contribution in [0, 0.1) is 6.92 Å². The molecule has 10 heteroatoms. The smallest absolute Gasteiger partial charge is 0.334 e. The summed E-state index contributed by atoms with van der Waals surface area (Å²) >= 11 is 6.50. The zero-order chi connectivity index (χ0) is 34.1. The van der Waals surface area contributed by atoms with Crippen LogP contribution in [0.2, 0.25) is 5.02 Å². The first-order valence-electron chi connectivity index (χ1n) is 15.2. The van der Waals surface area contributed by atoms with Crippen molar-refractivity contribution < 1.29 is 14.7 Å². The highest BCUT2D eigenvalue weighted by Gasteiger charge is 2.33. The number of urea groups is 1. The molecule has 3 aromatic carbocycles. The van der Waals surface area contributed by atoms with Gasteiger partial charge in [0.05, 0.1) is 10.7 Å². The van der Waals surface area contributed by atoms with Crippen LogP contribution in [0.15, 0.2) is 98.1 Å². The van der Waals surface area contributed by atoms with Gasteiger partial charge in [0.25, 0.3) is 0 Å². The molecule has 1 atom stereocenters. The third-order valence-electron chi connectivity index (χ3n) is 7.11. The number of rotatable bonds is 16. The number of para-hydroxylation sites is 1. The lowest BCUT2D eigenvalue weighted by atomic mass is 10.1. The van der Waals surface area contributed by atoms with Crippen molar-refractivity contribution in [1.82, 2.24) is 25.1 Å². The number of nitrogens with one attached hydrogen (secondary N) is 1. The van der Waals surface area contributed by atoms with Gasteiger partial charge >= 0.3 is 6.03 Å². The van der Waals surface area contributed by atoms with Crippen LogP contribution in [0.1, 0.15) is 23.6 Å². The van der Waals surface area contributed by atoms with E-state index >= 15 is 0 Å². The summed E-state index contributed by atoms with van der Waals surface area (Å²) in [5.41, 5.74) is 4.14. The number of aromatic hydroxyl groups is 1. The van der Waals surface area contributed by atoms with Crippen LogP contribution in [-0.2, 0) is 17.9 Å². The minimum atomic E-state index is -0.604. The largest absolute Gasteiger partial charge is 0.508 e. The van der Waals surface area contributed by atoms with Gasteiger partial charge in [-0.3, -0.25) is 9.69 Å². The number of aryl methyl sites for hydroxylation is 1. The first kappa shape index (κ1) is 37.9. The van der Waals surface area contributed by atoms with E-state index in [0.717, 1.165) is 23.2 Å². The lowest BCUT2D eigenvalue weighted by Gasteiger charge is -2.44. The molecule has 3 amide bonds. The molecular weight excluding hydrogens is 600 g/mol. The second kappa shape index (κ2) is 19.9. The Morgan fingerprint density at radius 3 is 2.15 bits per heavy atom. The van der Waals surface area contributed by atoms with Gasteiger partial charge in [-0.2, -0.15) is 0 Å². The number of likely N-dealkylation sites (N-methyl/N-ethyl adjacent to an activating group) is 2. The maximum atomic E-state index is 13.7. The Morgan fingerprint density at radius 1 is 0.957 bits per heavy atom. The molecule has 3 rings (SSSR count). The molecule has 2 N–H and O–H groups in total. The van der Waals surface area contributed by atoms with E-state index < -0.39 is 6.17 Å². The molecule has 9 nitrogen and oxygen atoms in total. The standard InChI is InChI=1S/C29H41ClN6O2.C7H8O/c1-7-18-34(23-37)27(22-33(6)21-25-16-13-17-26(30)28(25)32(4)5)36(35(9-3)19-8-2)29(38)31-20-24-14-11-10-12-15-24;1-6-2-4-7(8)5-3-6/h7-8,10-17,23,27H,1-2,9,18-22H2,3-6H3,(H,31,38);2-5,8H,1H3. The number of nitrogens with zero attached hydrogens (tertiary/aromatic N) is 5. The molecule has 0 aliphatic heterocycles. The van der Waals surface area contributed by atoms with E-state index in [0.29, 0.717) is 43.5 Å². The Kier molecular flexibility index (Phi) is 16.4. The quantitative estimate of drug-likeness (QED) is 0.0840. The normalized spacial score (nSPS) is 11.2. The van der Waals surface area contributed by atoms with Crippen molar-refractivity contribution in [2.45, 2.75) is 33.1 Å². The number of phenolic OH excluding ortho intramolecular Hbond substituents is 1. The predicted molar refractivity (Wildman–Crippen MR) is 190 cm³/mol. The number of hydrogen-bond donors (Lipinski definition) is 2. The van der Waals surface area contributed by atoms with Crippen molar-refractivity contribution in [2.75, 3.05) is 52.2 Å². The van der Waals surface area contributed by atoms with Gasteiger partial charge in [0.2, 0.25) is 6.41 Å². The summed E-state index contributed by atoms with van der Waals surface area (Å²) in [6.45, 7) is 14.2. The Labute approximate surface area is 279 Å². The Bertz CT molecular complexity index is 1350. The molecule has 0 aliphatic carbocycles. The number of phenols is 1. The summed E-state index contributed by atoms with van der Waals surface area (Å²) in [4.78, 5) is 31.7. The van der Waals surface area contributed by atoms with Gasteiger partial charge in [0, 0.05) is 53.4 Å². The highest BCUT2D eigenvalue weighted by atomic mass is 35.5. The van der Waals surface area contributed by atoms with Crippen LogP contribution >= 0.6 is 11.6 Å². The van der Waals surface area contributed by atoms with E-state index in [9.17, 15) is 9.59 Å². The van der Waals surface area contributed by atoms with Crippen molar-refractivity contribution in [3.05, 3.63) is 120 Å². The molecule has 46 heavy (non-hydrogen) atoms. The van der Waals surface area contributed by atoms with Gasteiger partial charge in [-0.25, -0.2) is 14.8 Å². The van der Waals surface area contributed by atoms with E-state index in [1.165, 1.54) is 5.56 Å². The van der Waals surface area contributed by atoms with Crippen molar-refractivity contribution in [3.63, 3.8) is 0 Å². The second-order valence-corrected chi connectivity index (χ2v) is 11.4. The number of carbonyl (C=O) groups is 2. The zero-order valence-electron chi connectivity index (χ0n) is 27.8. The number of amides is 3. The predicted octanol–water partition coefficient (Wildman–Crippen LogP) is 6.14. The fourth-order valence-electron chi connectivity index (χ4n) is 4.90. The monoisotopic (exact) mass is 648 g/mol. The van der Waals surface area contributed by atoms with Crippen LogP contribution in [0.4, 0.5) is 10.5 Å². The third kappa shape index (κ3) is 11.9. The topological polar surface area (TPSA) is 82.6 Å². The van der Waals surface area contributed by atoms with Crippen molar-refractivity contribution in [2.24, 2.45) is 0 Å². The number of halogens is 1. The fraction of sp³-hybridized carbons (Fsp3) is 0.333. The van der Waals surface area contributed by atoms with E-state index in [1.54, 1.807) is 34.2 Å². The average molecular weight is 649 g/mol. The Hall–Kier alpha value is -4.31. The second-order valence-electron chi connectivity index (χ2n) is 11.0. The molecule has 0 aromatic heterocycles. The molecule has 0 heterocycles. The van der Waals surface area contributed by atoms with Gasteiger partial charge in [0.1, 0.15) is 11.9 Å². The van der Waals surface area contributed by atoms with Crippen LogP contribution < -0.4 is 10.2 Å². The summed E-state index contributed by atoms with van der Waals surface area (Å²) in [5, 5.41) is 16.0. The number of benzene rings is 3. The molecule has 0 radical (unpaired) electrons. The van der Waals surface area contributed by atoms with Crippen molar-refractivity contribution in [3.8, 4) is 5.75 Å². The molecular formula is C36H49ClN6O3. The average Bonchev–Trinajstić information content (AvgIpc) is 3.04. The lowest BCUT2D eigenvalue weighted by Crippen LogP contribution is -2.63. The van der Waals surface area contributed by atoms with E-state index in [2.05, 4.69) is 23.4 Å². The molecule has 3 aromatic rings. The van der Waals surface area contributed by atoms with Crippen LogP contribution in [-0.4, -0.2) is 90.9 Å². The lowest BCUT2D eigenvalue weighted by molar-refractivity contribution is -0.131. The SMILES string of the molecule is C=CCN(C=O)C(CN(C)Cc1cccc(Cl)c1N(C)C)N(C(=O)NCc1ccccc1)N(CC)CC=C.Cc1ccc(O)cc1. The molecule has 1 unspecified atom stereocenters. The van der Waals surface area contributed by atoms with Crippen LogP contribution in [0.25, 0.3) is 0 Å². The molecule has 248 valence electrons. The summed E-state index contributed by atoms with van der Waals surface area (Å²) in [5.74, 6) is 0.329. The van der Waals surface area contributed by atoms with Gasteiger partial charge in [-0.1, -0.05) is 90.8 Å². The maximum Gasteiger partial charge on any atom is 0.334 e. The molecule has 0 fully saturated rings. The highest BCUT2D eigenvalue weighted by Crippen LogP contribution is 2.29. The summed E-state index contributed by atoms with van der Waals surface area (Å²) in [7, 11) is 5.88. The summed E-state index contributed by atoms with van der Waals surface area (Å²) in [6.07, 6.45) is 3.57. The molecule has 0 saturated carbocycles. The van der Waals surface area contributed by atoms with Gasteiger partial charge in [0.15, 0.2) is 0 Å². The Balaban J connectivity index is 0.000000797. The molecule has 0 aliphatic rings. The number of hydrogen-bond acceptors (Lipinski definition) is 6. The van der Waals surface area contributed by atoms with E-state index in [1.807, 2.05) is 106 Å². The first-order valence-corrected chi connectivity index (χ1v) is 15.6. The van der Waals surface area contributed by atoms with E-state index in [-0.39, 0.29) is 12.6 Å². The third-order valence-corrected chi connectivity index (χ3v) is 7.42. The van der Waals surface area contributed by atoms with Crippen molar-refractivity contribution >= 4 is 29.7 Å². The fourth-order valence-corrected chi connectivity index (χ4v) is 5.26. The van der Waals surface area contributed by atoms with Crippen LogP contribution in [0.5, 0.6) is 5.75 Å². The highest BCUT2D eigenvalue weighted by molar-refractivity contribution is 6.33. The van der Waals surface area contributed by atoms with Crippen molar-refractivity contribution in [1.29, 1.82) is 0 Å². The van der Waals surface area contributed by atoms with Gasteiger partial charge < -0.3 is 20.2 Å². The number of carbonyl (C=O) groups excluding carboxylic acids is 2. The number of anilines is 1. The minimum absolute atomic E-state index is 0.288. The molecule has 0 saturated heterocycles. The minimum Gasteiger partial charge on any atom is -0.508 e. The zero-order valence-corrected chi connectivity index (χ0v) is 28.5. The van der Waals surface area contributed by atoms with E-state index in [4.69, 9.17) is 16.7 Å². The molecule has 0 spiro atoms. The van der Waals surface area contributed by atoms with Crippen LogP contribution in [0.3, 0.4) is 0 Å². The van der Waals surface area contributed by atoms with Gasteiger partial charge in [-0.15, -0.1) is 13.2 Å². The Morgan fingerprint density at radius 2 is 1.61 bits per heavy atom. The summed E-state index contributed by atoms with van der Waals surface area (Å²) in [6, 6.07) is 22.3. The maximum absolute atomic E-state index is 13.7. The first-order chi connectivity index (χ1) is 22.1. The summed E-state index contributed by atoms with van der Waals surface area (Å²) < 4.78 is 0. The van der Waals surface area contributed by atoms with Gasteiger partial charge in [-0.05, 0) is 43.3 Å². The number of hydrazine groups is 1.